The van der Waals surface area contributed by atoms with E-state index in [1.807, 2.05) is 0 Å². The van der Waals surface area contributed by atoms with E-state index < -0.39 is 54.6 Å². The lowest BCUT2D eigenvalue weighted by Crippen LogP contribution is -2.42. The quantitative estimate of drug-likeness (QED) is 0.450. The van der Waals surface area contributed by atoms with Gasteiger partial charge in [-0.3, -0.25) is 4.79 Å². The fourth-order valence-electron chi connectivity index (χ4n) is 1.95. The van der Waals surface area contributed by atoms with Crippen LogP contribution in [0.2, 0.25) is 0 Å². The number of hydrogen-bond acceptors (Lipinski definition) is 8. The van der Waals surface area contributed by atoms with Crippen LogP contribution in [0.25, 0.3) is 0 Å². The first-order valence-corrected chi connectivity index (χ1v) is 7.80. The van der Waals surface area contributed by atoms with Crippen LogP contribution >= 0.6 is 0 Å². The standard InChI is InChI=1S/C16H19F3O8/c1-8-7-14(24)26-9(2)10(20)3-5-13(23)27-15(16(17,18)19)11(21)4-6-12(22)25-8/h3-6,8-11,15,20-21H,7H2,1-2H3/b5-3+,6-4+/t8-,9-,10+,11+,15?/m0/s1. The predicted molar refractivity (Wildman–Crippen MR) is 82.0 cm³/mol. The van der Waals surface area contributed by atoms with Crippen molar-refractivity contribution in [1.29, 1.82) is 0 Å². The van der Waals surface area contributed by atoms with Gasteiger partial charge in [0, 0.05) is 12.2 Å². The van der Waals surface area contributed by atoms with Crippen LogP contribution in [0.5, 0.6) is 0 Å². The maximum Gasteiger partial charge on any atom is 0.428 e. The highest BCUT2D eigenvalue weighted by Gasteiger charge is 2.46. The highest BCUT2D eigenvalue weighted by atomic mass is 19.4. The van der Waals surface area contributed by atoms with Gasteiger partial charge in [0.1, 0.15) is 24.4 Å². The number of esters is 3. The van der Waals surface area contributed by atoms with E-state index in [0.29, 0.717) is 18.2 Å². The summed E-state index contributed by atoms with van der Waals surface area (Å²) in [6.07, 6.45) is -12.2. The number of carbonyl (C=O) groups excluding carboxylic acids is 3. The van der Waals surface area contributed by atoms with E-state index >= 15 is 0 Å². The molecule has 0 fully saturated rings. The van der Waals surface area contributed by atoms with Crippen LogP contribution in [0.15, 0.2) is 24.3 Å². The lowest BCUT2D eigenvalue weighted by molar-refractivity contribution is -0.235. The number of hydrogen-bond donors (Lipinski definition) is 2. The lowest BCUT2D eigenvalue weighted by Gasteiger charge is -2.23. The third kappa shape index (κ3) is 7.79. The number of ether oxygens (including phenoxy) is 3. The first kappa shape index (κ1) is 22.6. The van der Waals surface area contributed by atoms with Gasteiger partial charge in [0.2, 0.25) is 6.10 Å². The first-order valence-electron chi connectivity index (χ1n) is 7.80. The number of aliphatic hydroxyl groups excluding tert-OH is 2. The van der Waals surface area contributed by atoms with Gasteiger partial charge in [0.15, 0.2) is 0 Å². The fraction of sp³-hybridized carbons (Fsp3) is 0.562. The molecule has 0 spiro atoms. The van der Waals surface area contributed by atoms with Gasteiger partial charge in [-0.2, -0.15) is 13.2 Å². The molecule has 1 rings (SSSR count). The summed E-state index contributed by atoms with van der Waals surface area (Å²) in [5, 5.41) is 19.4. The van der Waals surface area contributed by atoms with E-state index in [4.69, 9.17) is 9.47 Å². The number of alkyl halides is 3. The molecule has 27 heavy (non-hydrogen) atoms. The molecular formula is C16H19F3O8. The molecule has 0 aliphatic carbocycles. The number of rotatable bonds is 0. The maximum atomic E-state index is 13.0. The lowest BCUT2D eigenvalue weighted by atomic mass is 10.1. The molecule has 0 saturated carbocycles. The van der Waals surface area contributed by atoms with Crippen molar-refractivity contribution < 1.29 is 52.0 Å². The maximum absolute atomic E-state index is 13.0. The molecule has 5 atom stereocenters. The van der Waals surface area contributed by atoms with Gasteiger partial charge in [-0.15, -0.1) is 0 Å². The smallest absolute Gasteiger partial charge is 0.428 e. The van der Waals surface area contributed by atoms with Crippen LogP contribution in [0.3, 0.4) is 0 Å². The Labute approximate surface area is 152 Å². The Bertz CT molecular complexity index is 613. The molecule has 152 valence electrons. The number of aliphatic hydroxyl groups is 2. The highest BCUT2D eigenvalue weighted by molar-refractivity contribution is 5.83. The third-order valence-corrected chi connectivity index (χ3v) is 3.30. The summed E-state index contributed by atoms with van der Waals surface area (Å²) in [7, 11) is 0. The number of carbonyl (C=O) groups is 3. The second kappa shape index (κ2) is 9.51. The summed E-state index contributed by atoms with van der Waals surface area (Å²) in [5.74, 6) is -3.45. The zero-order chi connectivity index (χ0) is 20.8. The average Bonchev–Trinajstić information content (AvgIpc) is 2.52. The van der Waals surface area contributed by atoms with Crippen molar-refractivity contribution in [3.05, 3.63) is 24.3 Å². The Morgan fingerprint density at radius 1 is 0.926 bits per heavy atom. The molecule has 0 aromatic heterocycles. The fourth-order valence-corrected chi connectivity index (χ4v) is 1.95. The zero-order valence-corrected chi connectivity index (χ0v) is 14.4. The monoisotopic (exact) mass is 396 g/mol. The number of halogens is 3. The Hall–Kier alpha value is -2.40. The predicted octanol–water partition coefficient (Wildman–Crippen LogP) is 0.562. The van der Waals surface area contributed by atoms with Crippen LogP contribution < -0.4 is 0 Å². The minimum absolute atomic E-state index is 0.379. The van der Waals surface area contributed by atoms with Crippen LogP contribution in [0.1, 0.15) is 20.3 Å². The molecule has 0 saturated heterocycles. The topological polar surface area (TPSA) is 119 Å². The van der Waals surface area contributed by atoms with Gasteiger partial charge >= 0.3 is 24.1 Å². The van der Waals surface area contributed by atoms with E-state index in [2.05, 4.69) is 4.74 Å². The molecule has 0 bridgehead atoms. The zero-order valence-electron chi connectivity index (χ0n) is 14.4. The van der Waals surface area contributed by atoms with E-state index in [0.717, 1.165) is 6.08 Å². The van der Waals surface area contributed by atoms with Gasteiger partial charge in [-0.25, -0.2) is 9.59 Å². The summed E-state index contributed by atoms with van der Waals surface area (Å²) in [5.41, 5.74) is 0. The molecule has 1 unspecified atom stereocenters. The van der Waals surface area contributed by atoms with Gasteiger partial charge in [0.25, 0.3) is 0 Å². The van der Waals surface area contributed by atoms with Crippen LogP contribution in [0, 0.1) is 0 Å². The Balaban J connectivity index is 3.10. The summed E-state index contributed by atoms with van der Waals surface area (Å²) in [6.45, 7) is 2.62. The van der Waals surface area contributed by atoms with Gasteiger partial charge in [-0.05, 0) is 26.0 Å². The summed E-state index contributed by atoms with van der Waals surface area (Å²) in [4.78, 5) is 34.8. The minimum atomic E-state index is -5.13. The molecule has 2 N–H and O–H groups in total. The normalized spacial score (nSPS) is 34.2. The van der Waals surface area contributed by atoms with Crippen molar-refractivity contribution in [2.45, 2.75) is 57.0 Å². The molecular weight excluding hydrogens is 377 g/mol. The first-order chi connectivity index (χ1) is 12.4. The third-order valence-electron chi connectivity index (χ3n) is 3.30. The average molecular weight is 396 g/mol. The SMILES string of the molecule is C[C@@H]1OC(=O)C[C@H](C)OC(=O)/C=C/[C@@H](O)C(C(F)(F)F)OC(=O)/C=C/[C@H]1O. The van der Waals surface area contributed by atoms with Crippen LogP contribution in [-0.2, 0) is 28.6 Å². The Morgan fingerprint density at radius 3 is 2.00 bits per heavy atom. The Kier molecular flexibility index (Phi) is 7.98. The van der Waals surface area contributed by atoms with Gasteiger partial charge < -0.3 is 24.4 Å². The highest BCUT2D eigenvalue weighted by Crippen LogP contribution is 2.26. The van der Waals surface area contributed by atoms with E-state index in [1.165, 1.54) is 13.8 Å². The summed E-state index contributed by atoms with van der Waals surface area (Å²) in [6, 6.07) is 0. The molecule has 0 aromatic rings. The molecule has 0 radical (unpaired) electrons. The number of cyclic esters (lactones) is 3. The van der Waals surface area contributed by atoms with Crippen molar-refractivity contribution in [1.82, 2.24) is 0 Å². The minimum Gasteiger partial charge on any atom is -0.459 e. The van der Waals surface area contributed by atoms with Gasteiger partial charge in [0.05, 0.1) is 6.42 Å². The van der Waals surface area contributed by atoms with E-state index in [9.17, 15) is 37.8 Å². The van der Waals surface area contributed by atoms with E-state index in [-0.39, 0.29) is 6.42 Å². The van der Waals surface area contributed by atoms with Crippen LogP contribution in [0.4, 0.5) is 13.2 Å². The van der Waals surface area contributed by atoms with Gasteiger partial charge in [-0.1, -0.05) is 0 Å². The molecule has 1 aliphatic rings. The summed E-state index contributed by atoms with van der Waals surface area (Å²) >= 11 is 0. The second-order valence-electron chi connectivity index (χ2n) is 5.75. The molecule has 1 aliphatic heterocycles. The van der Waals surface area contributed by atoms with Crippen LogP contribution in [-0.4, -0.2) is 64.8 Å². The van der Waals surface area contributed by atoms with Crippen molar-refractivity contribution in [3.8, 4) is 0 Å². The second-order valence-corrected chi connectivity index (χ2v) is 5.75. The molecule has 8 nitrogen and oxygen atoms in total. The van der Waals surface area contributed by atoms with E-state index in [1.54, 1.807) is 0 Å². The van der Waals surface area contributed by atoms with Crippen molar-refractivity contribution in [2.24, 2.45) is 0 Å². The molecule has 11 heteroatoms. The van der Waals surface area contributed by atoms with Crippen molar-refractivity contribution in [2.75, 3.05) is 0 Å². The van der Waals surface area contributed by atoms with Crippen molar-refractivity contribution in [3.63, 3.8) is 0 Å². The largest absolute Gasteiger partial charge is 0.459 e. The molecule has 0 amide bonds. The molecule has 0 aromatic carbocycles. The molecule has 1 heterocycles. The van der Waals surface area contributed by atoms with Crippen molar-refractivity contribution >= 4 is 17.9 Å². The Morgan fingerprint density at radius 2 is 1.44 bits per heavy atom. The summed E-state index contributed by atoms with van der Waals surface area (Å²) < 4.78 is 52.8.